The zero-order valence-electron chi connectivity index (χ0n) is 9.89. The van der Waals surface area contributed by atoms with Crippen LogP contribution in [0.3, 0.4) is 0 Å². The molecule has 16 heavy (non-hydrogen) atoms. The van der Waals surface area contributed by atoms with Gasteiger partial charge >= 0.3 is 5.97 Å². The molecule has 2 aliphatic rings. The van der Waals surface area contributed by atoms with Crippen molar-refractivity contribution in [3.8, 4) is 0 Å². The number of hydrogen-bond acceptors (Lipinski definition) is 3. The second-order valence-corrected chi connectivity index (χ2v) is 5.05. The average Bonchev–Trinajstić information content (AvgIpc) is 2.16. The van der Waals surface area contributed by atoms with E-state index in [0.29, 0.717) is 5.92 Å². The summed E-state index contributed by atoms with van der Waals surface area (Å²) in [6, 6.07) is 0.289. The lowest BCUT2D eigenvalue weighted by atomic mass is 9.77. The number of methoxy groups -OCH3 is 1. The Kier molecular flexibility index (Phi) is 3.82. The molecule has 1 N–H and O–H groups in total. The van der Waals surface area contributed by atoms with Crippen molar-refractivity contribution in [2.24, 2.45) is 11.8 Å². The first-order valence-electron chi connectivity index (χ1n) is 6.18. The molecule has 0 amide bonds. The molecular formula is C12H21NO3. The molecule has 0 spiro atoms. The van der Waals surface area contributed by atoms with Gasteiger partial charge in [-0.3, -0.25) is 9.69 Å². The van der Waals surface area contributed by atoms with Crippen molar-refractivity contribution in [3.63, 3.8) is 0 Å². The number of aliphatic carboxylic acids is 1. The molecule has 0 radical (unpaired) electrons. The fraction of sp³-hybridized carbons (Fsp3) is 0.917. The van der Waals surface area contributed by atoms with Crippen molar-refractivity contribution in [1.29, 1.82) is 0 Å². The summed E-state index contributed by atoms with van der Waals surface area (Å²) >= 11 is 0. The Hall–Kier alpha value is -0.610. The average molecular weight is 227 g/mol. The topological polar surface area (TPSA) is 49.8 Å². The van der Waals surface area contributed by atoms with E-state index in [1.807, 2.05) is 0 Å². The van der Waals surface area contributed by atoms with Crippen LogP contribution in [0.4, 0.5) is 0 Å². The molecule has 0 aromatic rings. The standard InChI is InChI=1S/C12H21NO3/c1-16-8-9-3-2-6-13(7-9)11-5-4-10(11)12(14)15/h9-11H,2-8H2,1H3,(H,14,15). The van der Waals surface area contributed by atoms with E-state index in [9.17, 15) is 4.79 Å². The maximum Gasteiger partial charge on any atom is 0.308 e. The third kappa shape index (κ3) is 2.38. The van der Waals surface area contributed by atoms with Crippen LogP contribution < -0.4 is 0 Å². The second-order valence-electron chi connectivity index (χ2n) is 5.05. The number of hydrogen-bond donors (Lipinski definition) is 1. The van der Waals surface area contributed by atoms with Crippen LogP contribution in [0.25, 0.3) is 0 Å². The quantitative estimate of drug-likeness (QED) is 0.784. The number of nitrogens with zero attached hydrogens (tertiary/aromatic N) is 1. The first-order chi connectivity index (χ1) is 7.72. The molecule has 1 saturated heterocycles. The minimum absolute atomic E-state index is 0.124. The first kappa shape index (κ1) is 11.9. The van der Waals surface area contributed by atoms with Crippen LogP contribution in [0.5, 0.6) is 0 Å². The SMILES string of the molecule is COCC1CCCN(C2CCC2C(=O)O)C1. The van der Waals surface area contributed by atoms with E-state index in [4.69, 9.17) is 9.84 Å². The molecule has 4 heteroatoms. The molecule has 3 atom stereocenters. The van der Waals surface area contributed by atoms with Gasteiger partial charge in [-0.15, -0.1) is 0 Å². The van der Waals surface area contributed by atoms with Gasteiger partial charge in [0, 0.05) is 19.7 Å². The minimum atomic E-state index is -0.620. The van der Waals surface area contributed by atoms with Gasteiger partial charge in [0.15, 0.2) is 0 Å². The van der Waals surface area contributed by atoms with E-state index < -0.39 is 5.97 Å². The maximum atomic E-state index is 11.0. The molecule has 0 aromatic carbocycles. The van der Waals surface area contributed by atoms with Crippen molar-refractivity contribution >= 4 is 5.97 Å². The third-order valence-electron chi connectivity index (χ3n) is 3.98. The normalized spacial score (nSPS) is 35.7. The summed E-state index contributed by atoms with van der Waals surface area (Å²) in [4.78, 5) is 13.4. The third-order valence-corrected chi connectivity index (χ3v) is 3.98. The van der Waals surface area contributed by atoms with Gasteiger partial charge in [0.2, 0.25) is 0 Å². The number of carboxylic acids is 1. The summed E-state index contributed by atoms with van der Waals surface area (Å²) in [5.41, 5.74) is 0. The van der Waals surface area contributed by atoms with Crippen LogP contribution in [0, 0.1) is 11.8 Å². The van der Waals surface area contributed by atoms with Crippen LogP contribution >= 0.6 is 0 Å². The van der Waals surface area contributed by atoms with E-state index in [0.717, 1.165) is 32.5 Å². The molecule has 1 aliphatic carbocycles. The monoisotopic (exact) mass is 227 g/mol. The lowest BCUT2D eigenvalue weighted by Crippen LogP contribution is -2.53. The molecule has 92 valence electrons. The molecule has 2 fully saturated rings. The van der Waals surface area contributed by atoms with Gasteiger partial charge in [-0.05, 0) is 38.1 Å². The fourth-order valence-electron chi connectivity index (χ4n) is 2.98. The molecule has 0 aromatic heterocycles. The van der Waals surface area contributed by atoms with E-state index in [1.165, 1.54) is 12.8 Å². The van der Waals surface area contributed by atoms with E-state index >= 15 is 0 Å². The molecular weight excluding hydrogens is 206 g/mol. The Morgan fingerprint density at radius 3 is 2.81 bits per heavy atom. The Bertz CT molecular complexity index is 255. The highest BCUT2D eigenvalue weighted by Gasteiger charge is 2.41. The lowest BCUT2D eigenvalue weighted by molar-refractivity contribution is -0.149. The summed E-state index contributed by atoms with van der Waals surface area (Å²) < 4.78 is 5.19. The summed E-state index contributed by atoms with van der Waals surface area (Å²) in [7, 11) is 1.74. The Morgan fingerprint density at radius 2 is 2.25 bits per heavy atom. The van der Waals surface area contributed by atoms with Crippen molar-refractivity contribution in [2.75, 3.05) is 26.8 Å². The molecule has 2 rings (SSSR count). The summed E-state index contributed by atoms with van der Waals surface area (Å²) in [5, 5.41) is 9.05. The van der Waals surface area contributed by atoms with Crippen LogP contribution in [0.2, 0.25) is 0 Å². The summed E-state index contributed by atoms with van der Waals surface area (Å²) in [6.45, 7) is 2.89. The number of likely N-dealkylation sites (tertiary alicyclic amines) is 1. The Labute approximate surface area is 96.6 Å². The number of carbonyl (C=O) groups is 1. The van der Waals surface area contributed by atoms with Gasteiger partial charge in [0.25, 0.3) is 0 Å². The second kappa shape index (κ2) is 5.15. The highest BCUT2D eigenvalue weighted by molar-refractivity contribution is 5.72. The maximum absolute atomic E-state index is 11.0. The summed E-state index contributed by atoms with van der Waals surface area (Å²) in [6.07, 6.45) is 4.30. The molecule has 0 bridgehead atoms. The highest BCUT2D eigenvalue weighted by atomic mass is 16.5. The van der Waals surface area contributed by atoms with Gasteiger partial charge in [0.1, 0.15) is 0 Å². The van der Waals surface area contributed by atoms with Gasteiger partial charge in [-0.25, -0.2) is 0 Å². The number of piperidine rings is 1. The van der Waals surface area contributed by atoms with Gasteiger partial charge < -0.3 is 9.84 Å². The Morgan fingerprint density at radius 1 is 1.44 bits per heavy atom. The van der Waals surface area contributed by atoms with Gasteiger partial charge in [-0.2, -0.15) is 0 Å². The van der Waals surface area contributed by atoms with E-state index in [-0.39, 0.29) is 12.0 Å². The van der Waals surface area contributed by atoms with Crippen LogP contribution in [0.1, 0.15) is 25.7 Å². The van der Waals surface area contributed by atoms with Crippen molar-refractivity contribution in [2.45, 2.75) is 31.7 Å². The van der Waals surface area contributed by atoms with Gasteiger partial charge in [0.05, 0.1) is 12.5 Å². The zero-order valence-corrected chi connectivity index (χ0v) is 9.89. The predicted molar refractivity (Wildman–Crippen MR) is 60.3 cm³/mol. The number of ether oxygens (including phenoxy) is 1. The van der Waals surface area contributed by atoms with E-state index in [2.05, 4.69) is 4.90 Å². The number of carboxylic acid groups (broad SMARTS) is 1. The molecule has 3 unspecified atom stereocenters. The van der Waals surface area contributed by atoms with Crippen molar-refractivity contribution in [3.05, 3.63) is 0 Å². The number of rotatable bonds is 4. The molecule has 1 aliphatic heterocycles. The highest BCUT2D eigenvalue weighted by Crippen LogP contribution is 2.34. The zero-order chi connectivity index (χ0) is 11.5. The van der Waals surface area contributed by atoms with E-state index in [1.54, 1.807) is 7.11 Å². The molecule has 4 nitrogen and oxygen atoms in total. The summed E-state index contributed by atoms with van der Waals surface area (Å²) in [5.74, 6) is -0.153. The largest absolute Gasteiger partial charge is 0.481 e. The van der Waals surface area contributed by atoms with Crippen molar-refractivity contribution in [1.82, 2.24) is 4.90 Å². The predicted octanol–water partition coefficient (Wildman–Crippen LogP) is 1.21. The smallest absolute Gasteiger partial charge is 0.308 e. The lowest BCUT2D eigenvalue weighted by Gasteiger charge is -2.45. The Balaban J connectivity index is 1.87. The van der Waals surface area contributed by atoms with Crippen LogP contribution in [-0.4, -0.2) is 48.8 Å². The fourth-order valence-corrected chi connectivity index (χ4v) is 2.98. The minimum Gasteiger partial charge on any atom is -0.481 e. The molecule has 1 saturated carbocycles. The molecule has 1 heterocycles. The van der Waals surface area contributed by atoms with Gasteiger partial charge in [-0.1, -0.05) is 0 Å². The van der Waals surface area contributed by atoms with Crippen LogP contribution in [0.15, 0.2) is 0 Å². The van der Waals surface area contributed by atoms with Crippen molar-refractivity contribution < 1.29 is 14.6 Å². The van der Waals surface area contributed by atoms with Crippen LogP contribution in [-0.2, 0) is 9.53 Å². The first-order valence-corrected chi connectivity index (χ1v) is 6.18.